The molecule has 0 amide bonds. The van der Waals surface area contributed by atoms with Crippen LogP contribution in [0.5, 0.6) is 0 Å². The Morgan fingerprint density at radius 2 is 2.27 bits per heavy atom. The predicted octanol–water partition coefficient (Wildman–Crippen LogP) is -0.982. The summed E-state index contributed by atoms with van der Waals surface area (Å²) in [5.74, 6) is -0.299. The minimum Gasteiger partial charge on any atom is -1.00 e. The number of hydrogen-bond acceptors (Lipinski definition) is 2. The number of thiocarbonyl (C=S) groups is 1. The van der Waals surface area contributed by atoms with Gasteiger partial charge in [-0.05, 0) is 42.9 Å². The first kappa shape index (κ1) is 14.3. The van der Waals surface area contributed by atoms with E-state index in [1.807, 2.05) is 0 Å². The van der Waals surface area contributed by atoms with E-state index in [0.29, 0.717) is 5.69 Å². The van der Waals surface area contributed by atoms with Crippen LogP contribution in [0.25, 0.3) is 0 Å². The van der Waals surface area contributed by atoms with Crippen LogP contribution in [0.15, 0.2) is 18.2 Å². The quantitative estimate of drug-likeness (QED) is 0.283. The zero-order valence-electron chi connectivity index (χ0n) is 9.47. The van der Waals surface area contributed by atoms with Gasteiger partial charge in [0.15, 0.2) is 11.3 Å². The summed E-state index contributed by atoms with van der Waals surface area (Å²) in [5, 5.41) is 13.5. The van der Waals surface area contributed by atoms with Crippen LogP contribution >= 0.6 is 12.2 Å². The Kier molecular flexibility index (Phi) is 6.45. The molecule has 0 bridgehead atoms. The fraction of sp³-hybridized carbons (Fsp3) is 0.111. The monoisotopic (exact) mass is 233 g/mol. The molecule has 0 atom stereocenters. The van der Waals surface area contributed by atoms with Gasteiger partial charge in [-0.1, -0.05) is 0 Å². The molecule has 0 unspecified atom stereocenters. The van der Waals surface area contributed by atoms with Crippen LogP contribution in [0.2, 0.25) is 0 Å². The van der Waals surface area contributed by atoms with Crippen LogP contribution in [0.3, 0.4) is 0 Å². The molecule has 0 aromatic heterocycles. The number of rotatable bonds is 1. The predicted molar refractivity (Wildman–Crippen MR) is 57.2 cm³/mol. The van der Waals surface area contributed by atoms with Crippen molar-refractivity contribution in [2.24, 2.45) is 0 Å². The third-order valence-electron chi connectivity index (χ3n) is 1.61. The number of nitrogens with one attached hydrogen (secondary N) is 2. The average molecular weight is 233 g/mol. The van der Waals surface area contributed by atoms with Crippen molar-refractivity contribution < 1.29 is 35.4 Å². The molecule has 74 valence electrons. The number of aryl methyl sites for hydroxylation is 1. The van der Waals surface area contributed by atoms with Crippen molar-refractivity contribution in [3.8, 4) is 6.19 Å². The summed E-state index contributed by atoms with van der Waals surface area (Å²) >= 11 is 4.79. The Balaban J connectivity index is 0. The molecule has 0 heterocycles. The van der Waals surface area contributed by atoms with E-state index in [1.54, 1.807) is 19.2 Å². The zero-order valence-corrected chi connectivity index (χ0v) is 11.3. The summed E-state index contributed by atoms with van der Waals surface area (Å²) < 4.78 is 12.7. The van der Waals surface area contributed by atoms with E-state index >= 15 is 0 Å². The van der Waals surface area contributed by atoms with Gasteiger partial charge in [0.05, 0.1) is 0 Å². The third-order valence-corrected chi connectivity index (χ3v) is 1.81. The molecule has 0 saturated carbocycles. The number of hydrogen-bond donors (Lipinski definition) is 2. The van der Waals surface area contributed by atoms with Crippen molar-refractivity contribution in [3.63, 3.8) is 0 Å². The van der Waals surface area contributed by atoms with Gasteiger partial charge >= 0.3 is 29.6 Å². The summed E-state index contributed by atoms with van der Waals surface area (Å²) in [4.78, 5) is 0. The number of anilines is 1. The minimum absolute atomic E-state index is 0. The van der Waals surface area contributed by atoms with Crippen LogP contribution in [-0.2, 0) is 0 Å². The first-order valence-corrected chi connectivity index (χ1v) is 4.26. The van der Waals surface area contributed by atoms with Crippen molar-refractivity contribution in [3.05, 3.63) is 29.6 Å². The van der Waals surface area contributed by atoms with Gasteiger partial charge in [0.2, 0.25) is 0 Å². The van der Waals surface area contributed by atoms with Crippen LogP contribution in [0, 0.1) is 24.2 Å². The van der Waals surface area contributed by atoms with Gasteiger partial charge in [0, 0.05) is 5.69 Å². The molecule has 0 aliphatic heterocycles. The second kappa shape index (κ2) is 6.75. The molecule has 0 spiro atoms. The molecular formula is C9H9FN3NaS. The third kappa shape index (κ3) is 4.58. The molecule has 0 fully saturated rings. The molecular weight excluding hydrogens is 224 g/mol. The first-order chi connectivity index (χ1) is 6.63. The molecule has 3 nitrogen and oxygen atoms in total. The Morgan fingerprint density at radius 3 is 2.80 bits per heavy atom. The summed E-state index contributed by atoms with van der Waals surface area (Å²) in [7, 11) is 0. The maximum absolute atomic E-state index is 12.7. The minimum atomic E-state index is -0.299. The van der Waals surface area contributed by atoms with Gasteiger partial charge in [0.1, 0.15) is 5.82 Å². The van der Waals surface area contributed by atoms with Crippen molar-refractivity contribution in [2.45, 2.75) is 6.92 Å². The molecule has 1 rings (SSSR count). The van der Waals surface area contributed by atoms with Gasteiger partial charge in [-0.15, -0.1) is 0 Å². The summed E-state index contributed by atoms with van der Waals surface area (Å²) in [6.45, 7) is 1.75. The molecule has 0 saturated heterocycles. The van der Waals surface area contributed by atoms with E-state index in [2.05, 4.69) is 10.6 Å². The van der Waals surface area contributed by atoms with E-state index in [1.165, 1.54) is 12.1 Å². The average Bonchev–Trinajstić information content (AvgIpc) is 2.10. The summed E-state index contributed by atoms with van der Waals surface area (Å²) in [5.41, 5.74) is 1.41. The Hall–Kier alpha value is -0.670. The maximum Gasteiger partial charge on any atom is 1.00 e. The number of nitrogens with zero attached hydrogens (tertiary/aromatic N) is 1. The van der Waals surface area contributed by atoms with E-state index in [0.717, 1.165) is 5.56 Å². The molecule has 1 aromatic carbocycles. The smallest absolute Gasteiger partial charge is 1.00 e. The molecule has 0 aliphatic carbocycles. The summed E-state index contributed by atoms with van der Waals surface area (Å²) in [6.07, 6.45) is 1.69. The Labute approximate surface area is 116 Å². The van der Waals surface area contributed by atoms with Crippen LogP contribution in [-0.4, -0.2) is 5.11 Å². The van der Waals surface area contributed by atoms with E-state index in [4.69, 9.17) is 17.5 Å². The number of nitriles is 1. The second-order valence-electron chi connectivity index (χ2n) is 2.65. The van der Waals surface area contributed by atoms with Crippen LogP contribution in [0.4, 0.5) is 10.1 Å². The van der Waals surface area contributed by atoms with Crippen molar-refractivity contribution in [1.29, 1.82) is 5.26 Å². The Morgan fingerprint density at radius 1 is 1.60 bits per heavy atom. The van der Waals surface area contributed by atoms with Crippen molar-refractivity contribution >= 4 is 23.0 Å². The van der Waals surface area contributed by atoms with Gasteiger partial charge in [0.25, 0.3) is 0 Å². The second-order valence-corrected chi connectivity index (χ2v) is 3.06. The molecule has 0 radical (unpaired) electrons. The molecule has 6 heteroatoms. The standard InChI is InChI=1S/C9H8FN3S.Na.H/c1-6-4-7(10)2-3-8(6)13-9(14)12-5-11;;/h2-4H,1H3,(H2,12,13,14);;/q;+1;-1. The number of halogens is 1. The molecule has 0 aliphatic rings. The molecule has 1 aromatic rings. The Bertz CT molecular complexity index is 408. The van der Waals surface area contributed by atoms with E-state index in [9.17, 15) is 4.39 Å². The van der Waals surface area contributed by atoms with Crippen molar-refractivity contribution in [2.75, 3.05) is 5.32 Å². The fourth-order valence-electron chi connectivity index (χ4n) is 0.972. The van der Waals surface area contributed by atoms with Crippen molar-refractivity contribution in [1.82, 2.24) is 5.32 Å². The normalized spacial score (nSPS) is 8.33. The molecule has 15 heavy (non-hydrogen) atoms. The van der Waals surface area contributed by atoms with E-state index < -0.39 is 0 Å². The van der Waals surface area contributed by atoms with Gasteiger partial charge < -0.3 is 6.74 Å². The number of benzene rings is 1. The summed E-state index contributed by atoms with van der Waals surface area (Å²) in [6, 6.07) is 4.28. The molecule has 2 N–H and O–H groups in total. The zero-order chi connectivity index (χ0) is 10.6. The fourth-order valence-corrected chi connectivity index (χ4v) is 1.13. The van der Waals surface area contributed by atoms with Crippen LogP contribution in [0.1, 0.15) is 6.99 Å². The van der Waals surface area contributed by atoms with Gasteiger partial charge in [-0.2, -0.15) is 5.26 Å². The van der Waals surface area contributed by atoms with Gasteiger partial charge in [-0.3, -0.25) is 5.32 Å². The van der Waals surface area contributed by atoms with Gasteiger partial charge in [-0.25, -0.2) is 4.39 Å². The van der Waals surface area contributed by atoms with E-state index in [-0.39, 0.29) is 41.9 Å². The maximum atomic E-state index is 12.7. The topological polar surface area (TPSA) is 47.8 Å². The first-order valence-electron chi connectivity index (χ1n) is 3.85. The largest absolute Gasteiger partial charge is 1.00 e. The SMILES string of the molecule is Cc1cc(F)ccc1NC(=S)NC#N.[H-].[Na+]. The van der Waals surface area contributed by atoms with Crippen LogP contribution < -0.4 is 40.2 Å².